The molecule has 21 heavy (non-hydrogen) atoms. The average Bonchev–Trinajstić information content (AvgIpc) is 2.42. The number of halogens is 4. The second-order valence-electron chi connectivity index (χ2n) is 4.81. The first kappa shape index (κ1) is 15.5. The van der Waals surface area contributed by atoms with E-state index in [0.717, 1.165) is 25.0 Å². The molecule has 7 heteroatoms. The molecule has 0 amide bonds. The second-order valence-corrected chi connectivity index (χ2v) is 4.81. The van der Waals surface area contributed by atoms with Crippen molar-refractivity contribution in [3.8, 4) is 0 Å². The molecule has 0 saturated heterocycles. The Balaban J connectivity index is 2.60. The van der Waals surface area contributed by atoms with Gasteiger partial charge in [-0.05, 0) is 24.6 Å². The smallest absolute Gasteiger partial charge is 0.359 e. The van der Waals surface area contributed by atoms with Crippen molar-refractivity contribution in [3.05, 3.63) is 29.8 Å². The van der Waals surface area contributed by atoms with Crippen molar-refractivity contribution in [2.75, 3.05) is 18.5 Å². The highest BCUT2D eigenvalue weighted by Crippen LogP contribution is 2.31. The van der Waals surface area contributed by atoms with Gasteiger partial charge in [-0.25, -0.2) is 14.4 Å². The summed E-state index contributed by atoms with van der Waals surface area (Å²) in [6, 6.07) is 3.48. The highest BCUT2D eigenvalue weighted by atomic mass is 19.4. The molecule has 0 fully saturated rings. The second kappa shape index (κ2) is 5.83. The molecule has 1 aromatic heterocycles. The van der Waals surface area contributed by atoms with E-state index in [4.69, 9.17) is 0 Å². The van der Waals surface area contributed by atoms with Gasteiger partial charge in [-0.2, -0.15) is 13.2 Å². The first-order valence-electron chi connectivity index (χ1n) is 6.58. The number of nitrogens with zero attached hydrogens (tertiary/aromatic N) is 3. The maximum absolute atomic E-state index is 13.4. The van der Waals surface area contributed by atoms with Gasteiger partial charge < -0.3 is 4.90 Å². The number of aromatic nitrogens is 2. The van der Waals surface area contributed by atoms with E-state index in [2.05, 4.69) is 9.97 Å². The summed E-state index contributed by atoms with van der Waals surface area (Å²) in [7, 11) is 1.64. The molecule has 2 aromatic rings. The molecule has 0 aliphatic carbocycles. The van der Waals surface area contributed by atoms with Gasteiger partial charge in [0, 0.05) is 19.0 Å². The van der Waals surface area contributed by atoms with Crippen LogP contribution in [0.5, 0.6) is 0 Å². The van der Waals surface area contributed by atoms with Crippen LogP contribution in [0, 0.1) is 5.82 Å². The van der Waals surface area contributed by atoms with Crippen molar-refractivity contribution >= 4 is 16.7 Å². The Labute approximate surface area is 119 Å². The Morgan fingerprint density at radius 1 is 1.19 bits per heavy atom. The molecule has 0 atom stereocenters. The number of hydrogen-bond acceptors (Lipinski definition) is 3. The third-order valence-corrected chi connectivity index (χ3v) is 3.10. The van der Waals surface area contributed by atoms with E-state index < -0.39 is 17.8 Å². The van der Waals surface area contributed by atoms with Crippen LogP contribution in [-0.4, -0.2) is 23.6 Å². The van der Waals surface area contributed by atoms with E-state index in [1.165, 1.54) is 6.07 Å². The first-order valence-corrected chi connectivity index (χ1v) is 6.58. The third kappa shape index (κ3) is 3.40. The number of alkyl halides is 3. The largest absolute Gasteiger partial charge is 0.451 e. The number of rotatable bonds is 4. The predicted octanol–water partition coefficient (Wildman–Crippen LogP) is 4.02. The van der Waals surface area contributed by atoms with Crippen molar-refractivity contribution in [1.82, 2.24) is 9.97 Å². The molecule has 0 radical (unpaired) electrons. The van der Waals surface area contributed by atoms with E-state index in [0.29, 0.717) is 6.54 Å². The van der Waals surface area contributed by atoms with Gasteiger partial charge >= 0.3 is 6.18 Å². The lowest BCUT2D eigenvalue weighted by molar-refractivity contribution is -0.144. The minimum absolute atomic E-state index is 0.0806. The lowest BCUT2D eigenvalue weighted by atomic mass is 10.2. The van der Waals surface area contributed by atoms with Gasteiger partial charge in [-0.3, -0.25) is 0 Å². The van der Waals surface area contributed by atoms with E-state index in [1.54, 1.807) is 11.9 Å². The van der Waals surface area contributed by atoms with Crippen molar-refractivity contribution in [3.63, 3.8) is 0 Å². The number of unbranched alkanes of at least 4 members (excludes halogenated alkanes) is 1. The first-order chi connectivity index (χ1) is 9.82. The Morgan fingerprint density at radius 2 is 1.90 bits per heavy atom. The van der Waals surface area contributed by atoms with Crippen LogP contribution in [0.1, 0.15) is 25.6 Å². The number of hydrogen-bond donors (Lipinski definition) is 0. The fraction of sp³-hybridized carbons (Fsp3) is 0.429. The average molecular weight is 301 g/mol. The molecule has 0 unspecified atom stereocenters. The Kier molecular flexibility index (Phi) is 4.29. The van der Waals surface area contributed by atoms with Crippen LogP contribution in [0.15, 0.2) is 18.2 Å². The summed E-state index contributed by atoms with van der Waals surface area (Å²) >= 11 is 0. The van der Waals surface area contributed by atoms with Crippen LogP contribution in [-0.2, 0) is 6.18 Å². The topological polar surface area (TPSA) is 29.0 Å². The van der Waals surface area contributed by atoms with Crippen LogP contribution < -0.4 is 4.90 Å². The molecule has 3 nitrogen and oxygen atoms in total. The van der Waals surface area contributed by atoms with Gasteiger partial charge in [-0.1, -0.05) is 13.3 Å². The third-order valence-electron chi connectivity index (χ3n) is 3.10. The quantitative estimate of drug-likeness (QED) is 0.799. The maximum atomic E-state index is 13.4. The van der Waals surface area contributed by atoms with Crippen molar-refractivity contribution in [2.45, 2.75) is 25.9 Å². The summed E-state index contributed by atoms with van der Waals surface area (Å²) in [5.41, 5.74) is 0.0806. The van der Waals surface area contributed by atoms with E-state index >= 15 is 0 Å². The molecule has 0 aliphatic heterocycles. The van der Waals surface area contributed by atoms with Crippen LogP contribution >= 0.6 is 0 Å². The molecular weight excluding hydrogens is 286 g/mol. The molecule has 114 valence electrons. The Bertz CT molecular complexity index is 640. The summed E-state index contributed by atoms with van der Waals surface area (Å²) in [5, 5.41) is 0.279. The van der Waals surface area contributed by atoms with Gasteiger partial charge in [0.1, 0.15) is 11.6 Å². The zero-order valence-corrected chi connectivity index (χ0v) is 11.7. The van der Waals surface area contributed by atoms with Gasteiger partial charge in [0.05, 0.1) is 5.52 Å². The summed E-state index contributed by atoms with van der Waals surface area (Å²) < 4.78 is 52.0. The maximum Gasteiger partial charge on any atom is 0.451 e. The minimum Gasteiger partial charge on any atom is -0.359 e. The summed E-state index contributed by atoms with van der Waals surface area (Å²) in [6.45, 7) is 2.52. The van der Waals surface area contributed by atoms with Crippen LogP contribution in [0.2, 0.25) is 0 Å². The van der Waals surface area contributed by atoms with Gasteiger partial charge in [0.15, 0.2) is 0 Å². The highest BCUT2D eigenvalue weighted by Gasteiger charge is 2.35. The molecule has 2 rings (SSSR count). The van der Waals surface area contributed by atoms with Gasteiger partial charge in [0.25, 0.3) is 0 Å². The van der Waals surface area contributed by atoms with Crippen molar-refractivity contribution in [2.24, 2.45) is 0 Å². The minimum atomic E-state index is -4.64. The Hall–Kier alpha value is -1.92. The normalized spacial score (nSPS) is 11.9. The zero-order valence-electron chi connectivity index (χ0n) is 11.7. The lowest BCUT2D eigenvalue weighted by Gasteiger charge is -2.20. The van der Waals surface area contributed by atoms with Crippen LogP contribution in [0.25, 0.3) is 10.9 Å². The highest BCUT2D eigenvalue weighted by molar-refractivity contribution is 5.89. The van der Waals surface area contributed by atoms with Crippen LogP contribution in [0.3, 0.4) is 0 Å². The van der Waals surface area contributed by atoms with Gasteiger partial charge in [-0.15, -0.1) is 0 Å². The summed E-state index contributed by atoms with van der Waals surface area (Å²) in [6.07, 6.45) is -2.94. The molecule has 1 aromatic carbocycles. The van der Waals surface area contributed by atoms with E-state index in [-0.39, 0.29) is 16.7 Å². The van der Waals surface area contributed by atoms with Gasteiger partial charge in [0.2, 0.25) is 5.82 Å². The summed E-state index contributed by atoms with van der Waals surface area (Å²) in [5.74, 6) is -1.64. The van der Waals surface area contributed by atoms with Crippen LogP contribution in [0.4, 0.5) is 23.4 Å². The summed E-state index contributed by atoms with van der Waals surface area (Å²) in [4.78, 5) is 8.67. The molecular formula is C14H15F4N3. The van der Waals surface area contributed by atoms with E-state index in [9.17, 15) is 17.6 Å². The predicted molar refractivity (Wildman–Crippen MR) is 72.7 cm³/mol. The number of benzene rings is 1. The molecule has 0 aliphatic rings. The lowest BCUT2D eigenvalue weighted by Crippen LogP contribution is -2.22. The monoisotopic (exact) mass is 301 g/mol. The fourth-order valence-electron chi connectivity index (χ4n) is 2.00. The molecule has 0 bridgehead atoms. The standard InChI is InChI=1S/C14H15F4N3/c1-3-4-7-21(2)12-10-8-9(15)5-6-11(10)19-13(20-12)14(16,17)18/h5-6,8H,3-4,7H2,1-2H3. The fourth-order valence-corrected chi connectivity index (χ4v) is 2.00. The molecule has 1 heterocycles. The van der Waals surface area contributed by atoms with E-state index in [1.807, 2.05) is 6.92 Å². The Morgan fingerprint density at radius 3 is 2.52 bits per heavy atom. The molecule has 0 N–H and O–H groups in total. The zero-order chi connectivity index (χ0) is 15.6. The molecule has 0 saturated carbocycles. The number of fused-ring (bicyclic) bond motifs is 1. The van der Waals surface area contributed by atoms with Crippen molar-refractivity contribution in [1.29, 1.82) is 0 Å². The SMILES string of the molecule is CCCCN(C)c1nc(C(F)(F)F)nc2ccc(F)cc12. The number of anilines is 1. The van der Waals surface area contributed by atoms with Crippen molar-refractivity contribution < 1.29 is 17.6 Å². The molecule has 0 spiro atoms.